The molecule has 0 aliphatic heterocycles. The number of nitrogens with one attached hydrogen (secondary N) is 1. The maximum Gasteiger partial charge on any atom is 0.119 e. The Labute approximate surface area is 110 Å². The van der Waals surface area contributed by atoms with Gasteiger partial charge in [0, 0.05) is 0 Å². The largest absolute Gasteiger partial charge is 0.494 e. The number of likely N-dealkylation sites (N-methyl/N-ethyl adjacent to an activating group) is 1. The topological polar surface area (TPSA) is 21.3 Å². The van der Waals surface area contributed by atoms with Gasteiger partial charge in [-0.15, -0.1) is 0 Å². The zero-order chi connectivity index (χ0) is 12.8. The predicted octanol–water partition coefficient (Wildman–Crippen LogP) is 3.85. The Bertz CT molecular complexity index is 394. The Morgan fingerprint density at radius 1 is 1.22 bits per heavy atom. The van der Waals surface area contributed by atoms with E-state index in [1.54, 1.807) is 5.57 Å². The number of hydrogen-bond acceptors (Lipinski definition) is 2. The van der Waals surface area contributed by atoms with Crippen LogP contribution in [0.2, 0.25) is 0 Å². The fraction of sp³-hybridized carbons (Fsp3) is 0.500. The van der Waals surface area contributed by atoms with Crippen LogP contribution in [-0.2, 0) is 0 Å². The first-order chi connectivity index (χ1) is 8.85. The highest BCUT2D eigenvalue weighted by atomic mass is 16.5. The quantitative estimate of drug-likeness (QED) is 0.769. The standard InChI is InChI=1S/C16H23NO/c1-3-17-16(13-7-5-6-8-13)14-9-11-15(12-10-14)18-4-2/h7,9-12,16-17H,3-6,8H2,1-2H3. The van der Waals surface area contributed by atoms with Crippen molar-refractivity contribution >= 4 is 0 Å². The Morgan fingerprint density at radius 3 is 2.56 bits per heavy atom. The van der Waals surface area contributed by atoms with Gasteiger partial charge in [0.15, 0.2) is 0 Å². The molecule has 18 heavy (non-hydrogen) atoms. The summed E-state index contributed by atoms with van der Waals surface area (Å²) in [4.78, 5) is 0. The molecule has 1 atom stereocenters. The van der Waals surface area contributed by atoms with Crippen LogP contribution in [-0.4, -0.2) is 13.2 Å². The Hall–Kier alpha value is -1.28. The summed E-state index contributed by atoms with van der Waals surface area (Å²) >= 11 is 0. The van der Waals surface area contributed by atoms with E-state index >= 15 is 0 Å². The number of benzene rings is 1. The van der Waals surface area contributed by atoms with Gasteiger partial charge >= 0.3 is 0 Å². The summed E-state index contributed by atoms with van der Waals surface area (Å²) in [7, 11) is 0. The average Bonchev–Trinajstić information content (AvgIpc) is 2.91. The van der Waals surface area contributed by atoms with Crippen molar-refractivity contribution < 1.29 is 4.74 Å². The first kappa shape index (κ1) is 13.2. The molecule has 1 unspecified atom stereocenters. The molecule has 98 valence electrons. The highest BCUT2D eigenvalue weighted by molar-refractivity contribution is 5.34. The second-order valence-electron chi connectivity index (χ2n) is 4.66. The van der Waals surface area contributed by atoms with E-state index in [1.165, 1.54) is 24.8 Å². The van der Waals surface area contributed by atoms with Gasteiger partial charge in [-0.1, -0.05) is 30.7 Å². The van der Waals surface area contributed by atoms with Crippen LogP contribution in [0.4, 0.5) is 0 Å². The van der Waals surface area contributed by atoms with Gasteiger partial charge in [-0.2, -0.15) is 0 Å². The van der Waals surface area contributed by atoms with Crippen LogP contribution in [0.15, 0.2) is 35.9 Å². The predicted molar refractivity (Wildman–Crippen MR) is 76.0 cm³/mol. The summed E-state index contributed by atoms with van der Waals surface area (Å²) in [6, 6.07) is 8.87. The van der Waals surface area contributed by atoms with E-state index in [2.05, 4.69) is 42.6 Å². The molecule has 1 aliphatic rings. The third-order valence-electron chi connectivity index (χ3n) is 3.38. The van der Waals surface area contributed by atoms with Gasteiger partial charge in [-0.25, -0.2) is 0 Å². The van der Waals surface area contributed by atoms with Gasteiger partial charge in [0.2, 0.25) is 0 Å². The van der Waals surface area contributed by atoms with Crippen LogP contribution >= 0.6 is 0 Å². The molecule has 1 N–H and O–H groups in total. The van der Waals surface area contributed by atoms with Gasteiger partial charge in [-0.05, 0) is 50.4 Å². The summed E-state index contributed by atoms with van der Waals surface area (Å²) in [6.45, 7) is 5.89. The third kappa shape index (κ3) is 3.14. The van der Waals surface area contributed by atoms with Crippen molar-refractivity contribution in [2.24, 2.45) is 0 Å². The molecule has 2 nitrogen and oxygen atoms in total. The van der Waals surface area contributed by atoms with E-state index in [-0.39, 0.29) is 0 Å². The molecule has 1 aliphatic carbocycles. The van der Waals surface area contributed by atoms with Crippen molar-refractivity contribution in [2.75, 3.05) is 13.2 Å². The van der Waals surface area contributed by atoms with Crippen LogP contribution in [0.25, 0.3) is 0 Å². The van der Waals surface area contributed by atoms with E-state index in [1.807, 2.05) is 6.92 Å². The molecule has 2 rings (SSSR count). The lowest BCUT2D eigenvalue weighted by Crippen LogP contribution is -2.22. The van der Waals surface area contributed by atoms with Crippen LogP contribution in [0.3, 0.4) is 0 Å². The molecule has 0 aromatic heterocycles. The molecular formula is C16H23NO. The van der Waals surface area contributed by atoms with Gasteiger partial charge < -0.3 is 10.1 Å². The molecule has 1 aromatic rings. The molecule has 0 radical (unpaired) electrons. The van der Waals surface area contributed by atoms with Crippen molar-refractivity contribution in [3.63, 3.8) is 0 Å². The smallest absolute Gasteiger partial charge is 0.119 e. The zero-order valence-corrected chi connectivity index (χ0v) is 11.4. The normalized spacial score (nSPS) is 16.4. The maximum atomic E-state index is 5.49. The molecule has 0 saturated heterocycles. The highest BCUT2D eigenvalue weighted by Gasteiger charge is 2.17. The van der Waals surface area contributed by atoms with E-state index in [4.69, 9.17) is 4.74 Å². The van der Waals surface area contributed by atoms with Crippen molar-refractivity contribution in [3.05, 3.63) is 41.5 Å². The van der Waals surface area contributed by atoms with Crippen LogP contribution < -0.4 is 10.1 Å². The van der Waals surface area contributed by atoms with Gasteiger partial charge in [-0.3, -0.25) is 0 Å². The SMILES string of the molecule is CCNC(C1=CCCC1)c1ccc(OCC)cc1. The van der Waals surface area contributed by atoms with E-state index in [9.17, 15) is 0 Å². The summed E-state index contributed by atoms with van der Waals surface area (Å²) in [5.41, 5.74) is 2.88. The van der Waals surface area contributed by atoms with E-state index in [0.29, 0.717) is 6.04 Å². The number of hydrogen-bond donors (Lipinski definition) is 1. The van der Waals surface area contributed by atoms with Crippen molar-refractivity contribution in [1.82, 2.24) is 5.32 Å². The molecular weight excluding hydrogens is 222 g/mol. The van der Waals surface area contributed by atoms with Crippen molar-refractivity contribution in [1.29, 1.82) is 0 Å². The number of rotatable bonds is 6. The molecule has 0 fully saturated rings. The first-order valence-electron chi connectivity index (χ1n) is 7.00. The third-order valence-corrected chi connectivity index (χ3v) is 3.38. The lowest BCUT2D eigenvalue weighted by atomic mass is 9.98. The maximum absolute atomic E-state index is 5.49. The Balaban J connectivity index is 2.14. The average molecular weight is 245 g/mol. The molecule has 0 amide bonds. The van der Waals surface area contributed by atoms with Crippen LogP contribution in [0.1, 0.15) is 44.7 Å². The molecule has 0 bridgehead atoms. The van der Waals surface area contributed by atoms with Gasteiger partial charge in [0.25, 0.3) is 0 Å². The first-order valence-corrected chi connectivity index (χ1v) is 7.00. The molecule has 1 aromatic carbocycles. The molecule has 2 heteroatoms. The van der Waals surface area contributed by atoms with Crippen molar-refractivity contribution in [2.45, 2.75) is 39.2 Å². The molecule has 0 saturated carbocycles. The second-order valence-corrected chi connectivity index (χ2v) is 4.66. The summed E-state index contributed by atoms with van der Waals surface area (Å²) in [5.74, 6) is 0.955. The zero-order valence-electron chi connectivity index (χ0n) is 11.4. The Kier molecular flexibility index (Phi) is 4.82. The lowest BCUT2D eigenvalue weighted by molar-refractivity contribution is 0.340. The summed E-state index contributed by atoms with van der Waals surface area (Å²) in [6.07, 6.45) is 6.15. The second kappa shape index (κ2) is 6.60. The fourth-order valence-corrected chi connectivity index (χ4v) is 2.55. The lowest BCUT2D eigenvalue weighted by Gasteiger charge is -2.20. The minimum Gasteiger partial charge on any atom is -0.494 e. The van der Waals surface area contributed by atoms with Crippen LogP contribution in [0, 0.1) is 0 Å². The molecule has 0 spiro atoms. The fourth-order valence-electron chi connectivity index (χ4n) is 2.55. The van der Waals surface area contributed by atoms with Gasteiger partial charge in [0.05, 0.1) is 12.6 Å². The summed E-state index contributed by atoms with van der Waals surface area (Å²) < 4.78 is 5.49. The van der Waals surface area contributed by atoms with Crippen LogP contribution in [0.5, 0.6) is 5.75 Å². The highest BCUT2D eigenvalue weighted by Crippen LogP contribution is 2.31. The van der Waals surface area contributed by atoms with Crippen molar-refractivity contribution in [3.8, 4) is 5.75 Å². The Morgan fingerprint density at radius 2 is 2.00 bits per heavy atom. The minimum atomic E-state index is 0.383. The number of allylic oxidation sites excluding steroid dienone is 1. The molecule has 0 heterocycles. The monoisotopic (exact) mass is 245 g/mol. The summed E-state index contributed by atoms with van der Waals surface area (Å²) in [5, 5.41) is 3.58. The number of ether oxygens (including phenoxy) is 1. The minimum absolute atomic E-state index is 0.383. The van der Waals surface area contributed by atoms with Gasteiger partial charge in [0.1, 0.15) is 5.75 Å². The van der Waals surface area contributed by atoms with E-state index in [0.717, 1.165) is 18.9 Å². The van der Waals surface area contributed by atoms with E-state index < -0.39 is 0 Å².